The monoisotopic (exact) mass is 281 g/mol. The van der Waals surface area contributed by atoms with Gasteiger partial charge in [-0.25, -0.2) is 0 Å². The second-order valence-corrected chi connectivity index (χ2v) is 6.24. The molecule has 0 amide bonds. The molecule has 0 N–H and O–H groups in total. The van der Waals surface area contributed by atoms with Crippen molar-refractivity contribution in [1.82, 2.24) is 0 Å². The molecule has 20 heavy (non-hydrogen) atoms. The predicted molar refractivity (Wildman–Crippen MR) is 84.7 cm³/mol. The third-order valence-corrected chi connectivity index (χ3v) is 4.29. The van der Waals surface area contributed by atoms with Gasteiger partial charge in [0.15, 0.2) is 6.10 Å². The molecule has 1 aliphatic heterocycles. The molecule has 1 saturated heterocycles. The minimum Gasteiger partial charge on any atom is -0.361 e. The summed E-state index contributed by atoms with van der Waals surface area (Å²) in [7, 11) is 0. The zero-order valence-corrected chi connectivity index (χ0v) is 13.4. The van der Waals surface area contributed by atoms with Crippen molar-refractivity contribution in [1.29, 1.82) is 0 Å². The number of rotatable bonds is 15. The maximum absolute atomic E-state index is 10.3. The highest BCUT2D eigenvalue weighted by atomic mass is 16.6. The highest BCUT2D eigenvalue weighted by Crippen LogP contribution is 2.25. The van der Waals surface area contributed by atoms with E-state index in [0.717, 1.165) is 6.42 Å². The van der Waals surface area contributed by atoms with Crippen LogP contribution in [0.1, 0.15) is 96.8 Å². The summed E-state index contributed by atoms with van der Waals surface area (Å²) in [6.07, 6.45) is 21.0. The van der Waals surface area contributed by atoms with Gasteiger partial charge in [-0.3, -0.25) is 4.79 Å². The first-order chi connectivity index (χ1) is 9.88. The molecule has 1 aliphatic rings. The van der Waals surface area contributed by atoms with Gasteiger partial charge < -0.3 is 4.74 Å². The minimum atomic E-state index is -0.188. The maximum atomic E-state index is 10.3. The molecule has 0 aromatic carbocycles. The average molecular weight is 281 g/mol. The van der Waals surface area contributed by atoms with Gasteiger partial charge in [-0.2, -0.15) is 0 Å². The van der Waals surface area contributed by atoms with Crippen LogP contribution in [0, 0.1) is 0 Å². The van der Waals surface area contributed by atoms with Gasteiger partial charge in [-0.05, 0) is 6.42 Å². The lowest BCUT2D eigenvalue weighted by Gasteiger charge is -2.02. The van der Waals surface area contributed by atoms with Gasteiger partial charge in [0.25, 0.3) is 0 Å². The second-order valence-electron chi connectivity index (χ2n) is 6.24. The molecule has 1 fully saturated rings. The third kappa shape index (κ3) is 9.52. The molecule has 2 unspecified atom stereocenters. The van der Waals surface area contributed by atoms with E-state index < -0.39 is 0 Å². The summed E-state index contributed by atoms with van der Waals surface area (Å²) in [5.74, 6) is 0. The van der Waals surface area contributed by atoms with E-state index in [9.17, 15) is 4.79 Å². The van der Waals surface area contributed by atoms with Gasteiger partial charge in [-0.15, -0.1) is 0 Å². The van der Waals surface area contributed by atoms with Crippen molar-refractivity contribution in [2.75, 3.05) is 0 Å². The molecule has 0 aliphatic carbocycles. The van der Waals surface area contributed by atoms with Crippen molar-refractivity contribution < 1.29 is 9.53 Å². The van der Waals surface area contributed by atoms with Crippen LogP contribution in [0.4, 0.5) is 0 Å². The van der Waals surface area contributed by atoms with Gasteiger partial charge in [0.1, 0.15) is 0 Å². The summed E-state index contributed by atoms with van der Waals surface area (Å²) < 4.78 is 5.15. The first-order valence-corrected chi connectivity index (χ1v) is 8.91. The molecule has 2 nitrogen and oxygen atoms in total. The Morgan fingerprint density at radius 2 is 1.20 bits per heavy atom. The second kappa shape index (κ2) is 12.4. The normalized spacial score (nSPS) is 21.1. The van der Waals surface area contributed by atoms with Crippen molar-refractivity contribution >= 4 is 6.29 Å². The lowest BCUT2D eigenvalue weighted by Crippen LogP contribution is -1.94. The molecule has 0 saturated carbocycles. The fourth-order valence-corrected chi connectivity index (χ4v) is 2.83. The molecule has 2 atom stereocenters. The molecule has 1 heterocycles. The topological polar surface area (TPSA) is 29.6 Å². The maximum Gasteiger partial charge on any atom is 0.232 e. The molecular formula is C18H33O2. The van der Waals surface area contributed by atoms with E-state index in [1.165, 1.54) is 83.5 Å². The third-order valence-electron chi connectivity index (χ3n) is 4.29. The Morgan fingerprint density at radius 3 is 1.60 bits per heavy atom. The van der Waals surface area contributed by atoms with Gasteiger partial charge in [0.05, 0.1) is 6.10 Å². The highest BCUT2D eigenvalue weighted by Gasteiger charge is 2.38. The van der Waals surface area contributed by atoms with E-state index in [2.05, 4.69) is 6.92 Å². The van der Waals surface area contributed by atoms with Crippen LogP contribution in [0.15, 0.2) is 0 Å². The first kappa shape index (κ1) is 17.7. The quantitative estimate of drug-likeness (QED) is 0.299. The van der Waals surface area contributed by atoms with Crippen molar-refractivity contribution in [3.63, 3.8) is 0 Å². The zero-order chi connectivity index (χ0) is 14.5. The lowest BCUT2D eigenvalue weighted by atomic mass is 10.0. The minimum absolute atomic E-state index is 0.188. The predicted octanol–water partition coefficient (Wildman–Crippen LogP) is 5.34. The largest absolute Gasteiger partial charge is 0.361 e. The number of ether oxygens (including phenoxy) is 1. The van der Waals surface area contributed by atoms with E-state index in [1.54, 1.807) is 0 Å². The molecule has 0 spiro atoms. The number of carbonyl (C=O) groups excluding carboxylic acids is 1. The summed E-state index contributed by atoms with van der Waals surface area (Å²) in [6.45, 7) is 2.27. The Balaban J connectivity index is 1.65. The Hall–Kier alpha value is -0.370. The van der Waals surface area contributed by atoms with Crippen molar-refractivity contribution in [3.05, 3.63) is 0 Å². The summed E-state index contributed by atoms with van der Waals surface area (Å²) in [4.78, 5) is 10.3. The summed E-state index contributed by atoms with van der Waals surface area (Å²) in [6, 6.07) is 0. The van der Waals surface area contributed by atoms with Crippen molar-refractivity contribution in [2.45, 2.75) is 109 Å². The van der Waals surface area contributed by atoms with Crippen LogP contribution in [0.2, 0.25) is 0 Å². The highest BCUT2D eigenvalue weighted by molar-refractivity contribution is 5.61. The Kier molecular flexibility index (Phi) is 10.9. The van der Waals surface area contributed by atoms with Gasteiger partial charge in [0.2, 0.25) is 6.29 Å². The van der Waals surface area contributed by atoms with E-state index in [-0.39, 0.29) is 12.2 Å². The fraction of sp³-hybridized carbons (Fsp3) is 0.944. The fourth-order valence-electron chi connectivity index (χ4n) is 2.83. The number of epoxide rings is 1. The lowest BCUT2D eigenvalue weighted by molar-refractivity contribution is 0.372. The van der Waals surface area contributed by atoms with Crippen molar-refractivity contribution in [3.8, 4) is 0 Å². The van der Waals surface area contributed by atoms with Crippen LogP contribution in [0.25, 0.3) is 0 Å². The number of hydrogen-bond acceptors (Lipinski definition) is 2. The summed E-state index contributed by atoms with van der Waals surface area (Å²) >= 11 is 0. The molecule has 0 bridgehead atoms. The Morgan fingerprint density at radius 1 is 0.750 bits per heavy atom. The van der Waals surface area contributed by atoms with E-state index in [1.807, 2.05) is 6.29 Å². The van der Waals surface area contributed by atoms with Gasteiger partial charge in [0, 0.05) is 0 Å². The molecule has 0 aromatic heterocycles. The SMILES string of the molecule is CCCCCCCCCCCCCCCC1OC1[C]=O. The molecular weight excluding hydrogens is 248 g/mol. The van der Waals surface area contributed by atoms with Crippen LogP contribution >= 0.6 is 0 Å². The Bertz CT molecular complexity index is 227. The van der Waals surface area contributed by atoms with Crippen LogP contribution < -0.4 is 0 Å². The number of hydrogen-bond donors (Lipinski definition) is 0. The smallest absolute Gasteiger partial charge is 0.232 e. The van der Waals surface area contributed by atoms with Crippen LogP contribution in [-0.2, 0) is 9.53 Å². The zero-order valence-electron chi connectivity index (χ0n) is 13.4. The standard InChI is InChI=1S/C18H33O2/c1-2-3-4-5-6-7-8-9-10-11-12-13-14-15-17-18(16-19)20-17/h17-18H,2-15H2,1H3. The molecule has 2 heteroatoms. The molecule has 1 radical (unpaired) electrons. The van der Waals surface area contributed by atoms with Gasteiger partial charge in [-0.1, -0.05) is 90.4 Å². The first-order valence-electron chi connectivity index (χ1n) is 8.91. The molecule has 1 rings (SSSR count). The van der Waals surface area contributed by atoms with Crippen molar-refractivity contribution in [2.24, 2.45) is 0 Å². The van der Waals surface area contributed by atoms with E-state index in [4.69, 9.17) is 4.74 Å². The average Bonchev–Trinajstić information content (AvgIpc) is 3.22. The van der Waals surface area contributed by atoms with Crippen LogP contribution in [-0.4, -0.2) is 18.5 Å². The number of unbranched alkanes of at least 4 members (excludes halogenated alkanes) is 12. The van der Waals surface area contributed by atoms with E-state index in [0.29, 0.717) is 0 Å². The molecule has 117 valence electrons. The van der Waals surface area contributed by atoms with Gasteiger partial charge >= 0.3 is 0 Å². The Labute approximate surface area is 125 Å². The van der Waals surface area contributed by atoms with Crippen LogP contribution in [0.5, 0.6) is 0 Å². The van der Waals surface area contributed by atoms with E-state index >= 15 is 0 Å². The summed E-state index contributed by atoms with van der Waals surface area (Å²) in [5, 5.41) is 0. The molecule has 0 aromatic rings. The van der Waals surface area contributed by atoms with Crippen LogP contribution in [0.3, 0.4) is 0 Å². The summed E-state index contributed by atoms with van der Waals surface area (Å²) in [5.41, 5.74) is 0.